The highest BCUT2D eigenvalue weighted by molar-refractivity contribution is 9.10. The molecule has 1 amide bonds. The van der Waals surface area contributed by atoms with E-state index < -0.39 is 0 Å². The van der Waals surface area contributed by atoms with Crippen LogP contribution in [0.3, 0.4) is 0 Å². The lowest BCUT2D eigenvalue weighted by Crippen LogP contribution is -2.38. The van der Waals surface area contributed by atoms with E-state index >= 15 is 0 Å². The van der Waals surface area contributed by atoms with Crippen molar-refractivity contribution >= 4 is 32.6 Å². The summed E-state index contributed by atoms with van der Waals surface area (Å²) in [5, 5.41) is 11.2. The monoisotopic (exact) mass is 335 g/mol. The minimum atomic E-state index is -0.0427. The van der Waals surface area contributed by atoms with E-state index in [1.54, 1.807) is 4.90 Å². The molecule has 20 heavy (non-hydrogen) atoms. The molecule has 0 heterocycles. The second-order valence-corrected chi connectivity index (χ2v) is 5.94. The molecule has 0 saturated heterocycles. The number of halogens is 1. The summed E-state index contributed by atoms with van der Waals surface area (Å²) >= 11 is 3.44. The molecule has 2 aromatic carbocycles. The van der Waals surface area contributed by atoms with Crippen LogP contribution in [-0.2, 0) is 0 Å². The summed E-state index contributed by atoms with van der Waals surface area (Å²) in [6.07, 6.45) is 0. The minimum Gasteiger partial charge on any atom is -0.395 e. The van der Waals surface area contributed by atoms with Gasteiger partial charge in [0.2, 0.25) is 0 Å². The molecule has 0 unspecified atom stereocenters. The lowest BCUT2D eigenvalue weighted by atomic mass is 10.1. The fraction of sp³-hybridized carbons (Fsp3) is 0.312. The number of rotatable bonds is 4. The Labute approximate surface area is 127 Å². The Morgan fingerprint density at radius 3 is 2.50 bits per heavy atom. The normalized spacial score (nSPS) is 11.1. The van der Waals surface area contributed by atoms with E-state index in [1.807, 2.05) is 50.2 Å². The molecular weight excluding hydrogens is 318 g/mol. The zero-order chi connectivity index (χ0) is 14.7. The quantitative estimate of drug-likeness (QED) is 0.929. The number of carbonyl (C=O) groups is 1. The molecule has 2 aromatic rings. The molecule has 4 heteroatoms. The van der Waals surface area contributed by atoms with Crippen LogP contribution in [-0.4, -0.2) is 35.1 Å². The van der Waals surface area contributed by atoms with E-state index in [4.69, 9.17) is 5.11 Å². The summed E-state index contributed by atoms with van der Waals surface area (Å²) in [6.45, 7) is 4.23. The highest BCUT2D eigenvalue weighted by atomic mass is 79.9. The van der Waals surface area contributed by atoms with E-state index in [2.05, 4.69) is 15.9 Å². The van der Waals surface area contributed by atoms with Gasteiger partial charge in [-0.3, -0.25) is 4.79 Å². The number of aliphatic hydroxyl groups excluding tert-OH is 1. The first-order chi connectivity index (χ1) is 9.52. The molecule has 1 N–H and O–H groups in total. The molecule has 0 aliphatic carbocycles. The number of hydrogen-bond donors (Lipinski definition) is 1. The van der Waals surface area contributed by atoms with Crippen molar-refractivity contribution in [2.75, 3.05) is 13.2 Å². The van der Waals surface area contributed by atoms with Gasteiger partial charge in [-0.25, -0.2) is 0 Å². The Bertz CT molecular complexity index is 625. The summed E-state index contributed by atoms with van der Waals surface area (Å²) < 4.78 is 1.02. The molecule has 0 atom stereocenters. The molecule has 3 nitrogen and oxygen atoms in total. The van der Waals surface area contributed by atoms with Gasteiger partial charge in [0.05, 0.1) is 6.61 Å². The van der Waals surface area contributed by atoms with Crippen LogP contribution in [0.2, 0.25) is 0 Å². The average Bonchev–Trinajstić information content (AvgIpc) is 2.43. The van der Waals surface area contributed by atoms with Crippen LogP contribution < -0.4 is 0 Å². The fourth-order valence-corrected chi connectivity index (χ4v) is 2.60. The van der Waals surface area contributed by atoms with Gasteiger partial charge in [-0.05, 0) is 48.9 Å². The van der Waals surface area contributed by atoms with Gasteiger partial charge >= 0.3 is 0 Å². The maximum absolute atomic E-state index is 12.5. The van der Waals surface area contributed by atoms with Gasteiger partial charge in [0.25, 0.3) is 5.91 Å². The number of benzene rings is 2. The fourth-order valence-electron chi connectivity index (χ4n) is 2.22. The van der Waals surface area contributed by atoms with Crippen molar-refractivity contribution in [2.45, 2.75) is 19.9 Å². The molecule has 0 spiro atoms. The van der Waals surface area contributed by atoms with Crippen LogP contribution in [0.25, 0.3) is 10.8 Å². The first-order valence-electron chi connectivity index (χ1n) is 6.64. The zero-order valence-corrected chi connectivity index (χ0v) is 13.2. The molecule has 0 aliphatic rings. The second-order valence-electron chi connectivity index (χ2n) is 5.02. The topological polar surface area (TPSA) is 40.5 Å². The van der Waals surface area contributed by atoms with Crippen LogP contribution in [0, 0.1) is 0 Å². The molecule has 0 bridgehead atoms. The SMILES string of the molecule is CC(C)N(CCO)C(=O)c1ccc2cc(Br)ccc2c1. The summed E-state index contributed by atoms with van der Waals surface area (Å²) in [5.74, 6) is -0.0427. The third-order valence-corrected chi connectivity index (χ3v) is 3.77. The van der Waals surface area contributed by atoms with Gasteiger partial charge < -0.3 is 10.0 Å². The van der Waals surface area contributed by atoms with Crippen molar-refractivity contribution in [3.05, 3.63) is 46.4 Å². The van der Waals surface area contributed by atoms with E-state index in [0.717, 1.165) is 15.2 Å². The number of carbonyl (C=O) groups excluding carboxylic acids is 1. The van der Waals surface area contributed by atoms with Gasteiger partial charge in [0.1, 0.15) is 0 Å². The Morgan fingerprint density at radius 1 is 1.20 bits per heavy atom. The molecule has 0 fully saturated rings. The maximum atomic E-state index is 12.5. The van der Waals surface area contributed by atoms with Crippen molar-refractivity contribution < 1.29 is 9.90 Å². The summed E-state index contributed by atoms with van der Waals surface area (Å²) in [7, 11) is 0. The van der Waals surface area contributed by atoms with Crippen LogP contribution in [0.4, 0.5) is 0 Å². The highest BCUT2D eigenvalue weighted by Gasteiger charge is 2.18. The summed E-state index contributed by atoms with van der Waals surface area (Å²) in [6, 6.07) is 11.7. The molecular formula is C16H18BrNO2. The Balaban J connectivity index is 2.36. The van der Waals surface area contributed by atoms with E-state index in [9.17, 15) is 4.79 Å². The second kappa shape index (κ2) is 6.37. The highest BCUT2D eigenvalue weighted by Crippen LogP contribution is 2.22. The number of amides is 1. The molecule has 0 aromatic heterocycles. The van der Waals surface area contributed by atoms with Crippen molar-refractivity contribution in [1.29, 1.82) is 0 Å². The predicted molar refractivity (Wildman–Crippen MR) is 84.9 cm³/mol. The largest absolute Gasteiger partial charge is 0.395 e. The Hall–Kier alpha value is -1.39. The van der Waals surface area contributed by atoms with Gasteiger partial charge in [-0.1, -0.05) is 28.1 Å². The van der Waals surface area contributed by atoms with Crippen molar-refractivity contribution in [3.63, 3.8) is 0 Å². The summed E-state index contributed by atoms with van der Waals surface area (Å²) in [5.41, 5.74) is 0.655. The van der Waals surface area contributed by atoms with E-state index in [1.165, 1.54) is 0 Å². The first-order valence-corrected chi connectivity index (χ1v) is 7.43. The Kier molecular flexibility index (Phi) is 4.78. The summed E-state index contributed by atoms with van der Waals surface area (Å²) in [4.78, 5) is 14.2. The molecule has 0 aliphatic heterocycles. The van der Waals surface area contributed by atoms with Crippen LogP contribution in [0.15, 0.2) is 40.9 Å². The van der Waals surface area contributed by atoms with Crippen LogP contribution in [0.1, 0.15) is 24.2 Å². The van der Waals surface area contributed by atoms with Gasteiger partial charge in [-0.15, -0.1) is 0 Å². The lowest BCUT2D eigenvalue weighted by molar-refractivity contribution is 0.0665. The lowest BCUT2D eigenvalue weighted by Gasteiger charge is -2.26. The van der Waals surface area contributed by atoms with Gasteiger partial charge in [-0.2, -0.15) is 0 Å². The maximum Gasteiger partial charge on any atom is 0.254 e. The average molecular weight is 336 g/mol. The number of fused-ring (bicyclic) bond motifs is 1. The van der Waals surface area contributed by atoms with E-state index in [-0.39, 0.29) is 18.6 Å². The Morgan fingerprint density at radius 2 is 1.85 bits per heavy atom. The van der Waals surface area contributed by atoms with Crippen molar-refractivity contribution in [2.24, 2.45) is 0 Å². The predicted octanol–water partition coefficient (Wildman–Crippen LogP) is 3.45. The van der Waals surface area contributed by atoms with Crippen LogP contribution in [0.5, 0.6) is 0 Å². The molecule has 106 valence electrons. The van der Waals surface area contributed by atoms with Crippen molar-refractivity contribution in [1.82, 2.24) is 4.90 Å². The smallest absolute Gasteiger partial charge is 0.254 e. The molecule has 0 radical (unpaired) electrons. The number of nitrogens with zero attached hydrogens (tertiary/aromatic N) is 1. The minimum absolute atomic E-state index is 0.0234. The third-order valence-electron chi connectivity index (χ3n) is 3.27. The van der Waals surface area contributed by atoms with E-state index in [0.29, 0.717) is 12.1 Å². The standard InChI is InChI=1S/C16H18BrNO2/c1-11(2)18(7-8-19)16(20)14-4-3-13-10-15(17)6-5-12(13)9-14/h3-6,9-11,19H,7-8H2,1-2H3. The number of aliphatic hydroxyl groups is 1. The van der Waals surface area contributed by atoms with Crippen molar-refractivity contribution in [3.8, 4) is 0 Å². The zero-order valence-electron chi connectivity index (χ0n) is 11.6. The molecule has 0 saturated carbocycles. The number of hydrogen-bond acceptors (Lipinski definition) is 2. The molecule has 2 rings (SSSR count). The first kappa shape index (κ1) is 15.0. The van der Waals surface area contributed by atoms with Crippen LogP contribution >= 0.6 is 15.9 Å². The van der Waals surface area contributed by atoms with Gasteiger partial charge in [0.15, 0.2) is 0 Å². The third kappa shape index (κ3) is 3.19. The van der Waals surface area contributed by atoms with Gasteiger partial charge in [0, 0.05) is 22.6 Å².